The molecule has 0 spiro atoms. The van der Waals surface area contributed by atoms with Gasteiger partial charge in [0.2, 0.25) is 0 Å². The Morgan fingerprint density at radius 2 is 1.88 bits per heavy atom. The van der Waals surface area contributed by atoms with Gasteiger partial charge in [-0.1, -0.05) is 43.3 Å². The molecule has 32 heavy (non-hydrogen) atoms. The van der Waals surface area contributed by atoms with E-state index in [0.717, 1.165) is 34.4 Å². The highest BCUT2D eigenvalue weighted by Gasteiger charge is 2.23. The first kappa shape index (κ1) is 21.9. The SMILES string of the molecule is COC(=O)C(C)Cc1ccc2c(c1)CC(c1ccc(-c3cc(OC)ccc3F)cc1)CO2. The smallest absolute Gasteiger partial charge is 0.308 e. The highest BCUT2D eigenvalue weighted by Crippen LogP contribution is 2.35. The van der Waals surface area contributed by atoms with Crippen molar-refractivity contribution in [3.8, 4) is 22.6 Å². The van der Waals surface area contributed by atoms with E-state index >= 15 is 0 Å². The molecule has 5 heteroatoms. The van der Waals surface area contributed by atoms with Crippen molar-refractivity contribution in [1.29, 1.82) is 0 Å². The van der Waals surface area contributed by atoms with Crippen LogP contribution in [0.3, 0.4) is 0 Å². The molecule has 166 valence electrons. The van der Waals surface area contributed by atoms with Gasteiger partial charge in [0.05, 0.1) is 26.7 Å². The minimum Gasteiger partial charge on any atom is -0.497 e. The maximum atomic E-state index is 14.3. The summed E-state index contributed by atoms with van der Waals surface area (Å²) in [7, 11) is 2.99. The number of benzene rings is 3. The summed E-state index contributed by atoms with van der Waals surface area (Å²) in [6, 6.07) is 18.8. The van der Waals surface area contributed by atoms with Gasteiger partial charge in [-0.05, 0) is 59.4 Å². The van der Waals surface area contributed by atoms with Crippen molar-refractivity contribution < 1.29 is 23.4 Å². The van der Waals surface area contributed by atoms with Crippen LogP contribution in [0.5, 0.6) is 11.5 Å². The average molecular weight is 435 g/mol. The van der Waals surface area contributed by atoms with E-state index in [1.165, 1.54) is 13.2 Å². The molecule has 0 saturated carbocycles. The van der Waals surface area contributed by atoms with Crippen molar-refractivity contribution in [3.05, 3.63) is 83.2 Å². The van der Waals surface area contributed by atoms with E-state index in [9.17, 15) is 9.18 Å². The predicted molar refractivity (Wildman–Crippen MR) is 122 cm³/mol. The molecule has 2 unspecified atom stereocenters. The van der Waals surface area contributed by atoms with Crippen molar-refractivity contribution in [2.24, 2.45) is 5.92 Å². The molecule has 0 aliphatic carbocycles. The summed E-state index contributed by atoms with van der Waals surface area (Å²) in [6.07, 6.45) is 1.48. The Hall–Kier alpha value is -3.34. The van der Waals surface area contributed by atoms with Crippen molar-refractivity contribution >= 4 is 5.97 Å². The van der Waals surface area contributed by atoms with Gasteiger partial charge in [0.1, 0.15) is 17.3 Å². The minimum absolute atomic E-state index is 0.192. The first-order valence-electron chi connectivity index (χ1n) is 10.7. The number of ether oxygens (including phenoxy) is 3. The Bertz CT molecular complexity index is 1110. The third kappa shape index (κ3) is 4.62. The van der Waals surface area contributed by atoms with Crippen LogP contribution in [0.25, 0.3) is 11.1 Å². The van der Waals surface area contributed by atoms with E-state index in [1.54, 1.807) is 19.2 Å². The van der Waals surface area contributed by atoms with E-state index in [-0.39, 0.29) is 23.6 Å². The molecule has 0 saturated heterocycles. The number of carbonyl (C=O) groups is 1. The number of methoxy groups -OCH3 is 2. The Balaban J connectivity index is 1.51. The second kappa shape index (κ2) is 9.43. The van der Waals surface area contributed by atoms with Gasteiger partial charge in [0, 0.05) is 11.5 Å². The van der Waals surface area contributed by atoms with Crippen molar-refractivity contribution in [2.45, 2.75) is 25.7 Å². The van der Waals surface area contributed by atoms with Crippen molar-refractivity contribution in [2.75, 3.05) is 20.8 Å². The molecule has 1 aliphatic heterocycles. The number of rotatable bonds is 6. The van der Waals surface area contributed by atoms with E-state index < -0.39 is 0 Å². The van der Waals surface area contributed by atoms with Crippen LogP contribution in [0, 0.1) is 11.7 Å². The highest BCUT2D eigenvalue weighted by molar-refractivity contribution is 5.72. The largest absolute Gasteiger partial charge is 0.497 e. The molecule has 1 heterocycles. The second-order valence-corrected chi connectivity index (χ2v) is 8.25. The molecule has 0 bridgehead atoms. The average Bonchev–Trinajstić information content (AvgIpc) is 2.83. The van der Waals surface area contributed by atoms with Crippen LogP contribution >= 0.6 is 0 Å². The Labute approximate surface area is 187 Å². The van der Waals surface area contributed by atoms with Crippen LogP contribution in [0.2, 0.25) is 0 Å². The van der Waals surface area contributed by atoms with E-state index in [2.05, 4.69) is 6.07 Å². The van der Waals surface area contributed by atoms with Gasteiger partial charge in [0.25, 0.3) is 0 Å². The number of esters is 1. The molecule has 4 rings (SSSR count). The van der Waals surface area contributed by atoms with Crippen LogP contribution in [-0.2, 0) is 22.4 Å². The van der Waals surface area contributed by atoms with Gasteiger partial charge < -0.3 is 14.2 Å². The zero-order valence-corrected chi connectivity index (χ0v) is 18.6. The molecule has 2 atom stereocenters. The molecule has 3 aromatic carbocycles. The lowest BCUT2D eigenvalue weighted by Crippen LogP contribution is -2.20. The maximum absolute atomic E-state index is 14.3. The summed E-state index contributed by atoms with van der Waals surface area (Å²) in [4.78, 5) is 11.8. The monoisotopic (exact) mass is 434 g/mol. The molecule has 0 radical (unpaired) electrons. The Morgan fingerprint density at radius 3 is 2.59 bits per heavy atom. The first-order chi connectivity index (χ1) is 15.5. The number of hydrogen-bond acceptors (Lipinski definition) is 4. The van der Waals surface area contributed by atoms with Gasteiger partial charge in [-0.25, -0.2) is 4.39 Å². The highest BCUT2D eigenvalue weighted by atomic mass is 19.1. The van der Waals surface area contributed by atoms with Crippen LogP contribution in [0.15, 0.2) is 60.7 Å². The first-order valence-corrected chi connectivity index (χ1v) is 10.7. The topological polar surface area (TPSA) is 44.8 Å². The van der Waals surface area contributed by atoms with E-state index in [4.69, 9.17) is 14.2 Å². The van der Waals surface area contributed by atoms with Gasteiger partial charge in [0.15, 0.2) is 0 Å². The zero-order valence-electron chi connectivity index (χ0n) is 18.6. The van der Waals surface area contributed by atoms with Gasteiger partial charge in [-0.2, -0.15) is 0 Å². The molecular weight excluding hydrogens is 407 g/mol. The number of hydrogen-bond donors (Lipinski definition) is 0. The van der Waals surface area contributed by atoms with Crippen LogP contribution < -0.4 is 9.47 Å². The van der Waals surface area contributed by atoms with E-state index in [1.807, 2.05) is 43.3 Å². The molecule has 0 aromatic heterocycles. The maximum Gasteiger partial charge on any atom is 0.308 e. The zero-order chi connectivity index (χ0) is 22.7. The van der Waals surface area contributed by atoms with Gasteiger partial charge in [-0.15, -0.1) is 0 Å². The summed E-state index contributed by atoms with van der Waals surface area (Å²) in [6.45, 7) is 2.47. The number of carbonyl (C=O) groups excluding carboxylic acids is 1. The minimum atomic E-state index is -0.276. The molecule has 1 aliphatic rings. The molecule has 0 N–H and O–H groups in total. The summed E-state index contributed by atoms with van der Waals surface area (Å²) < 4.78 is 30.4. The lowest BCUT2D eigenvalue weighted by atomic mass is 9.88. The molecule has 3 aromatic rings. The van der Waals surface area contributed by atoms with Crippen LogP contribution in [-0.4, -0.2) is 26.8 Å². The predicted octanol–water partition coefficient (Wildman–Crippen LogP) is 5.57. The standard InChI is InChI=1S/C27H27FO4/c1-17(27(29)31-3)12-18-4-11-26-21(13-18)14-22(16-32-26)19-5-7-20(8-6-19)24-15-23(30-2)9-10-25(24)28/h4-11,13,15,17,22H,12,14,16H2,1-3H3. The van der Waals surface area contributed by atoms with Crippen molar-refractivity contribution in [3.63, 3.8) is 0 Å². The number of halogens is 1. The number of fused-ring (bicyclic) bond motifs is 1. The third-order valence-electron chi connectivity index (χ3n) is 6.04. The van der Waals surface area contributed by atoms with Crippen LogP contribution in [0.4, 0.5) is 4.39 Å². The van der Waals surface area contributed by atoms with Gasteiger partial charge in [-0.3, -0.25) is 4.79 Å². The fraction of sp³-hybridized carbons (Fsp3) is 0.296. The molecule has 0 amide bonds. The summed E-state index contributed by atoms with van der Waals surface area (Å²) >= 11 is 0. The quantitative estimate of drug-likeness (QED) is 0.476. The summed E-state index contributed by atoms with van der Waals surface area (Å²) in [5, 5.41) is 0. The molecular formula is C27H27FO4. The Kier molecular flexibility index (Phi) is 6.45. The van der Waals surface area contributed by atoms with Crippen molar-refractivity contribution in [1.82, 2.24) is 0 Å². The normalized spacial score (nSPS) is 15.9. The fourth-order valence-electron chi connectivity index (χ4n) is 4.21. The van der Waals surface area contributed by atoms with Gasteiger partial charge >= 0.3 is 5.97 Å². The Morgan fingerprint density at radius 1 is 1.09 bits per heavy atom. The summed E-state index contributed by atoms with van der Waals surface area (Å²) in [5.74, 6) is 1.06. The lowest BCUT2D eigenvalue weighted by Gasteiger charge is -2.26. The summed E-state index contributed by atoms with van der Waals surface area (Å²) in [5.41, 5.74) is 4.70. The van der Waals surface area contributed by atoms with E-state index in [0.29, 0.717) is 24.3 Å². The van der Waals surface area contributed by atoms with Crippen LogP contribution in [0.1, 0.15) is 29.5 Å². The lowest BCUT2D eigenvalue weighted by molar-refractivity contribution is -0.144. The third-order valence-corrected chi connectivity index (χ3v) is 6.04. The molecule has 0 fully saturated rings. The fourth-order valence-corrected chi connectivity index (χ4v) is 4.21. The second-order valence-electron chi connectivity index (χ2n) is 8.25. The molecule has 4 nitrogen and oxygen atoms in total.